The van der Waals surface area contributed by atoms with Gasteiger partial charge in [-0.2, -0.15) is 0 Å². The molecule has 1 fully saturated rings. The minimum absolute atomic E-state index is 0.0622. The number of hydrogen-bond acceptors (Lipinski definition) is 3. The molecule has 1 aliphatic carbocycles. The van der Waals surface area contributed by atoms with Crippen LogP contribution in [0.1, 0.15) is 36.1 Å². The molecule has 0 radical (unpaired) electrons. The maximum Gasteiger partial charge on any atom is 0.247 e. The van der Waals surface area contributed by atoms with Crippen LogP contribution < -0.4 is 0 Å². The molecule has 2 aromatic rings. The van der Waals surface area contributed by atoms with Crippen LogP contribution >= 0.6 is 22.9 Å². The van der Waals surface area contributed by atoms with Crippen LogP contribution in [0.25, 0.3) is 6.08 Å². The molecule has 3 nitrogen and oxygen atoms in total. The highest BCUT2D eigenvalue weighted by molar-refractivity contribution is 7.10. The van der Waals surface area contributed by atoms with Crippen LogP contribution in [0.4, 0.5) is 0 Å². The van der Waals surface area contributed by atoms with E-state index in [4.69, 9.17) is 11.6 Å². The smallest absolute Gasteiger partial charge is 0.247 e. The van der Waals surface area contributed by atoms with Gasteiger partial charge < -0.3 is 4.90 Å². The molecule has 1 aromatic heterocycles. The normalized spacial score (nSPS) is 20.8. The fraction of sp³-hybridized carbons (Fsp3) is 0.300. The van der Waals surface area contributed by atoms with Crippen molar-refractivity contribution in [2.24, 2.45) is 0 Å². The molecule has 0 N–H and O–H groups in total. The lowest BCUT2D eigenvalue weighted by Gasteiger charge is -2.43. The first-order valence-corrected chi connectivity index (χ1v) is 9.59. The number of hydrogen-bond donors (Lipinski definition) is 0. The Labute approximate surface area is 156 Å². The van der Waals surface area contributed by atoms with Crippen molar-refractivity contribution >= 4 is 40.7 Å². The molecule has 1 aromatic carbocycles. The number of carbonyl (C=O) groups excluding carboxylic acids is 2. The van der Waals surface area contributed by atoms with Gasteiger partial charge in [0.1, 0.15) is 5.54 Å². The van der Waals surface area contributed by atoms with Crippen molar-refractivity contribution in [3.8, 4) is 0 Å². The fourth-order valence-electron chi connectivity index (χ4n) is 3.47. The Morgan fingerprint density at radius 3 is 2.72 bits per heavy atom. The molecule has 0 bridgehead atoms. The third-order valence-electron chi connectivity index (χ3n) is 4.81. The van der Waals surface area contributed by atoms with Gasteiger partial charge >= 0.3 is 0 Å². The lowest BCUT2D eigenvalue weighted by atomic mass is 9.74. The summed E-state index contributed by atoms with van der Waals surface area (Å²) in [6.07, 6.45) is 6.15. The first-order chi connectivity index (χ1) is 12.1. The Morgan fingerprint density at radius 2 is 2.04 bits per heavy atom. The summed E-state index contributed by atoms with van der Waals surface area (Å²) < 4.78 is 0. The van der Waals surface area contributed by atoms with Crippen LogP contribution in [0.3, 0.4) is 0 Å². The van der Waals surface area contributed by atoms with Crippen molar-refractivity contribution in [3.05, 3.63) is 63.3 Å². The Kier molecular flexibility index (Phi) is 5.40. The van der Waals surface area contributed by atoms with E-state index in [1.165, 1.54) is 6.08 Å². The second-order valence-electron chi connectivity index (χ2n) is 6.22. The molecule has 0 spiro atoms. The Bertz CT molecular complexity index is 800. The highest BCUT2D eigenvalue weighted by Gasteiger charge is 2.47. The number of ketones is 1. The third-order valence-corrected chi connectivity index (χ3v) is 5.98. The number of thiophene rings is 1. The third kappa shape index (κ3) is 3.42. The molecule has 25 heavy (non-hydrogen) atoms. The zero-order valence-corrected chi connectivity index (χ0v) is 15.6. The van der Waals surface area contributed by atoms with Gasteiger partial charge in [-0.1, -0.05) is 35.9 Å². The molecular formula is C20H20ClNO2S. The van der Waals surface area contributed by atoms with Gasteiger partial charge in [0, 0.05) is 35.0 Å². The van der Waals surface area contributed by atoms with Crippen LogP contribution in [0.2, 0.25) is 5.02 Å². The number of amides is 1. The maximum atomic E-state index is 13.0. The zero-order valence-electron chi connectivity index (χ0n) is 14.1. The van der Waals surface area contributed by atoms with E-state index < -0.39 is 5.54 Å². The number of benzene rings is 1. The van der Waals surface area contributed by atoms with Gasteiger partial charge in [0.2, 0.25) is 5.91 Å². The lowest BCUT2D eigenvalue weighted by Crippen LogP contribution is -2.53. The van der Waals surface area contributed by atoms with Crippen LogP contribution in [-0.2, 0) is 15.1 Å². The maximum absolute atomic E-state index is 13.0. The SMILES string of the molecule is CN(C(=O)/C=C/c1cccs1)C1(c2ccccc2Cl)CCCCC1=O. The number of nitrogens with zero attached hydrogens (tertiary/aromatic N) is 1. The number of carbonyl (C=O) groups is 2. The van der Waals surface area contributed by atoms with Crippen LogP contribution in [-0.4, -0.2) is 23.6 Å². The van der Waals surface area contributed by atoms with Crippen molar-refractivity contribution in [2.45, 2.75) is 31.2 Å². The summed E-state index contributed by atoms with van der Waals surface area (Å²) in [5, 5.41) is 2.49. The summed E-state index contributed by atoms with van der Waals surface area (Å²) in [6, 6.07) is 11.2. The van der Waals surface area contributed by atoms with E-state index in [9.17, 15) is 9.59 Å². The standard InChI is InChI=1S/C20H20ClNO2S/c1-22(19(24)12-11-15-7-6-14-25-15)20(13-5-4-10-18(20)23)16-8-2-3-9-17(16)21/h2-3,6-9,11-12,14H,4-5,10,13H2,1H3/b12-11+. The monoisotopic (exact) mass is 373 g/mol. The summed E-state index contributed by atoms with van der Waals surface area (Å²) >= 11 is 7.98. The molecule has 5 heteroatoms. The highest BCUT2D eigenvalue weighted by atomic mass is 35.5. The first kappa shape index (κ1) is 17.9. The average Bonchev–Trinajstić information content (AvgIpc) is 3.14. The van der Waals surface area contributed by atoms with E-state index >= 15 is 0 Å². The molecule has 1 atom stereocenters. The predicted octanol–water partition coefficient (Wildman–Crippen LogP) is 4.91. The number of halogens is 1. The van der Waals surface area contributed by atoms with Crippen molar-refractivity contribution in [3.63, 3.8) is 0 Å². The van der Waals surface area contributed by atoms with Crippen LogP contribution in [0.5, 0.6) is 0 Å². The summed E-state index contributed by atoms with van der Waals surface area (Å²) in [4.78, 5) is 28.4. The highest BCUT2D eigenvalue weighted by Crippen LogP contribution is 2.42. The van der Waals surface area contributed by atoms with Gasteiger partial charge in [0.25, 0.3) is 0 Å². The van der Waals surface area contributed by atoms with Gasteiger partial charge in [-0.25, -0.2) is 0 Å². The van der Waals surface area contributed by atoms with E-state index in [0.717, 1.165) is 23.3 Å². The molecule has 0 saturated heterocycles. The van der Waals surface area contributed by atoms with Gasteiger partial charge in [-0.15, -0.1) is 11.3 Å². The lowest BCUT2D eigenvalue weighted by molar-refractivity contribution is -0.144. The number of Topliss-reactive ketones (excluding diaryl/α,β-unsaturated/α-hetero) is 1. The minimum Gasteiger partial charge on any atom is -0.325 e. The second kappa shape index (κ2) is 7.54. The molecule has 0 aliphatic heterocycles. The first-order valence-electron chi connectivity index (χ1n) is 8.33. The summed E-state index contributed by atoms with van der Waals surface area (Å²) in [5.74, 6) is -0.129. The molecule has 1 saturated carbocycles. The Hall–Kier alpha value is -1.91. The van der Waals surface area contributed by atoms with Crippen LogP contribution in [0.15, 0.2) is 47.9 Å². The number of rotatable bonds is 4. The van der Waals surface area contributed by atoms with E-state index in [2.05, 4.69) is 0 Å². The van der Waals surface area contributed by atoms with Crippen molar-refractivity contribution in [2.75, 3.05) is 7.05 Å². The Balaban J connectivity index is 1.98. The summed E-state index contributed by atoms with van der Waals surface area (Å²) in [7, 11) is 1.70. The zero-order chi connectivity index (χ0) is 17.9. The van der Waals surface area contributed by atoms with Crippen molar-refractivity contribution in [1.29, 1.82) is 0 Å². The predicted molar refractivity (Wildman–Crippen MR) is 103 cm³/mol. The van der Waals surface area contributed by atoms with Crippen molar-refractivity contribution in [1.82, 2.24) is 4.90 Å². The molecule has 1 amide bonds. The van der Waals surface area contributed by atoms with Gasteiger partial charge in [-0.05, 0) is 42.9 Å². The van der Waals surface area contributed by atoms with E-state index in [1.54, 1.807) is 35.4 Å². The molecule has 1 aliphatic rings. The fourth-order valence-corrected chi connectivity index (χ4v) is 4.38. The molecule has 1 heterocycles. The minimum atomic E-state index is -0.979. The van der Waals surface area contributed by atoms with Crippen molar-refractivity contribution < 1.29 is 9.59 Å². The second-order valence-corrected chi connectivity index (χ2v) is 7.60. The molecule has 130 valence electrons. The largest absolute Gasteiger partial charge is 0.325 e. The topological polar surface area (TPSA) is 37.4 Å². The summed E-state index contributed by atoms with van der Waals surface area (Å²) in [5.41, 5.74) is -0.255. The molecule has 1 unspecified atom stereocenters. The Morgan fingerprint density at radius 1 is 1.24 bits per heavy atom. The van der Waals surface area contributed by atoms with E-state index in [-0.39, 0.29) is 11.7 Å². The van der Waals surface area contributed by atoms with Gasteiger partial charge in [0.15, 0.2) is 5.78 Å². The van der Waals surface area contributed by atoms with Gasteiger partial charge in [-0.3, -0.25) is 9.59 Å². The number of likely N-dealkylation sites (N-methyl/N-ethyl adjacent to an activating group) is 1. The average molecular weight is 374 g/mol. The molecule has 3 rings (SSSR count). The van der Waals surface area contributed by atoms with E-state index in [1.807, 2.05) is 35.7 Å². The van der Waals surface area contributed by atoms with Crippen LogP contribution in [0, 0.1) is 0 Å². The van der Waals surface area contributed by atoms with Gasteiger partial charge in [0.05, 0.1) is 0 Å². The van der Waals surface area contributed by atoms with E-state index in [0.29, 0.717) is 17.9 Å². The summed E-state index contributed by atoms with van der Waals surface area (Å²) in [6.45, 7) is 0. The quantitative estimate of drug-likeness (QED) is 0.714. The molecular weight excluding hydrogens is 354 g/mol.